The summed E-state index contributed by atoms with van der Waals surface area (Å²) in [6.07, 6.45) is 3.31. The molecule has 0 radical (unpaired) electrons. The molecular formula is C28H23NO2. The average Bonchev–Trinajstić information content (AvgIpc) is 2.85. The first-order chi connectivity index (χ1) is 15.3. The Morgan fingerprint density at radius 2 is 1.23 bits per heavy atom. The summed E-state index contributed by atoms with van der Waals surface area (Å²) in [5.41, 5.74) is 4.02. The molecule has 0 aliphatic rings. The van der Waals surface area contributed by atoms with E-state index < -0.39 is 11.4 Å². The number of nitrogens with zero attached hydrogens (tertiary/aromatic N) is 1. The van der Waals surface area contributed by atoms with Crippen LogP contribution in [0.4, 0.5) is 0 Å². The molecule has 0 atom stereocenters. The Hall–Kier alpha value is -3.98. The van der Waals surface area contributed by atoms with Crippen molar-refractivity contribution in [2.45, 2.75) is 5.41 Å². The van der Waals surface area contributed by atoms with Crippen LogP contribution in [0.1, 0.15) is 32.7 Å². The van der Waals surface area contributed by atoms with Gasteiger partial charge in [0.05, 0.1) is 5.41 Å². The lowest BCUT2D eigenvalue weighted by molar-refractivity contribution is 0.0543. The highest BCUT2D eigenvalue weighted by molar-refractivity contribution is 5.87. The zero-order valence-electron chi connectivity index (χ0n) is 17.1. The van der Waals surface area contributed by atoms with Gasteiger partial charge in [-0.1, -0.05) is 110 Å². The number of hydrogen-bond acceptors (Lipinski definition) is 3. The van der Waals surface area contributed by atoms with Crippen LogP contribution >= 0.6 is 0 Å². The van der Waals surface area contributed by atoms with E-state index in [9.17, 15) is 4.79 Å². The third-order valence-corrected chi connectivity index (χ3v) is 5.36. The maximum Gasteiger partial charge on any atom is 0.357 e. The average molecular weight is 405 g/mol. The van der Waals surface area contributed by atoms with E-state index in [-0.39, 0.29) is 12.3 Å². The lowest BCUT2D eigenvalue weighted by atomic mass is 9.65. The minimum Gasteiger partial charge on any atom is -0.457 e. The summed E-state index contributed by atoms with van der Waals surface area (Å²) in [5, 5.41) is 0. The second-order valence-corrected chi connectivity index (χ2v) is 7.17. The second kappa shape index (κ2) is 9.23. The van der Waals surface area contributed by atoms with Gasteiger partial charge in [0.25, 0.3) is 0 Å². The number of carbonyl (C=O) groups is 1. The SMILES string of the molecule is C=CCOC(=O)c1ccc(C(c2ccccc2)(c2ccccc2)c2ccccc2)cn1. The molecule has 1 heterocycles. The van der Waals surface area contributed by atoms with E-state index >= 15 is 0 Å². The van der Waals surface area contributed by atoms with Crippen molar-refractivity contribution in [3.05, 3.63) is 150 Å². The van der Waals surface area contributed by atoms with E-state index in [1.165, 1.54) is 6.08 Å². The molecule has 4 rings (SSSR count). The summed E-state index contributed by atoms with van der Waals surface area (Å²) in [6, 6.07) is 34.8. The first-order valence-electron chi connectivity index (χ1n) is 10.2. The molecule has 1 aromatic heterocycles. The van der Waals surface area contributed by atoms with Gasteiger partial charge in [0.1, 0.15) is 12.3 Å². The molecule has 3 aromatic carbocycles. The number of ether oxygens (including phenoxy) is 1. The van der Waals surface area contributed by atoms with Gasteiger partial charge in [-0.15, -0.1) is 0 Å². The van der Waals surface area contributed by atoms with Crippen LogP contribution in [0, 0.1) is 0 Å². The summed E-state index contributed by atoms with van der Waals surface area (Å²) in [6.45, 7) is 3.73. The highest BCUT2D eigenvalue weighted by atomic mass is 16.5. The van der Waals surface area contributed by atoms with E-state index in [1.807, 2.05) is 60.7 Å². The number of carbonyl (C=O) groups excluding carboxylic acids is 1. The maximum atomic E-state index is 12.2. The molecule has 0 aliphatic heterocycles. The molecule has 0 unspecified atom stereocenters. The number of aromatic nitrogens is 1. The van der Waals surface area contributed by atoms with Gasteiger partial charge in [-0.25, -0.2) is 9.78 Å². The standard InChI is InChI=1S/C28H23NO2/c1-2-20-31-27(30)26-19-18-25(21-29-26)28(22-12-6-3-7-13-22,23-14-8-4-9-15-23)24-16-10-5-11-17-24/h2-19,21H,1,20H2. The zero-order chi connectivity index (χ0) is 21.5. The molecule has 0 spiro atoms. The Morgan fingerprint density at radius 3 is 1.61 bits per heavy atom. The van der Waals surface area contributed by atoms with Crippen molar-refractivity contribution in [2.24, 2.45) is 0 Å². The Bertz CT molecular complexity index is 1040. The molecule has 4 aromatic rings. The summed E-state index contributed by atoms with van der Waals surface area (Å²) < 4.78 is 5.14. The fraction of sp³-hybridized carbons (Fsp3) is 0.0714. The number of hydrogen-bond donors (Lipinski definition) is 0. The minimum atomic E-state index is -0.583. The van der Waals surface area contributed by atoms with Crippen molar-refractivity contribution in [3.63, 3.8) is 0 Å². The van der Waals surface area contributed by atoms with Gasteiger partial charge >= 0.3 is 5.97 Å². The normalized spacial score (nSPS) is 11.0. The Kier molecular flexibility index (Phi) is 6.04. The molecule has 3 nitrogen and oxygen atoms in total. The predicted molar refractivity (Wildman–Crippen MR) is 123 cm³/mol. The first kappa shape index (κ1) is 20.3. The fourth-order valence-corrected chi connectivity index (χ4v) is 4.01. The second-order valence-electron chi connectivity index (χ2n) is 7.17. The molecule has 3 heteroatoms. The van der Waals surface area contributed by atoms with Crippen LogP contribution in [0.25, 0.3) is 0 Å². The quantitative estimate of drug-likeness (QED) is 0.221. The number of pyridine rings is 1. The molecule has 0 saturated carbocycles. The Labute approximate surface area is 182 Å². The predicted octanol–water partition coefficient (Wildman–Crippen LogP) is 5.81. The molecule has 0 N–H and O–H groups in total. The minimum absolute atomic E-state index is 0.157. The molecule has 31 heavy (non-hydrogen) atoms. The van der Waals surface area contributed by atoms with Crippen molar-refractivity contribution in [1.29, 1.82) is 0 Å². The van der Waals surface area contributed by atoms with E-state index in [2.05, 4.69) is 48.0 Å². The summed E-state index contributed by atoms with van der Waals surface area (Å²) >= 11 is 0. The van der Waals surface area contributed by atoms with Crippen molar-refractivity contribution in [3.8, 4) is 0 Å². The van der Waals surface area contributed by atoms with Crippen molar-refractivity contribution in [2.75, 3.05) is 6.61 Å². The number of rotatable bonds is 7. The molecule has 0 bridgehead atoms. The van der Waals surface area contributed by atoms with Gasteiger partial charge in [-0.05, 0) is 28.3 Å². The van der Waals surface area contributed by atoms with Gasteiger partial charge in [-0.2, -0.15) is 0 Å². The number of esters is 1. The van der Waals surface area contributed by atoms with Gasteiger partial charge in [0, 0.05) is 6.20 Å². The van der Waals surface area contributed by atoms with Gasteiger partial charge in [-0.3, -0.25) is 0 Å². The first-order valence-corrected chi connectivity index (χ1v) is 10.2. The van der Waals surface area contributed by atoms with Crippen molar-refractivity contribution >= 4 is 5.97 Å². The van der Waals surface area contributed by atoms with E-state index in [4.69, 9.17) is 4.74 Å². The molecule has 0 amide bonds. The molecular weight excluding hydrogens is 382 g/mol. The van der Waals surface area contributed by atoms with Crippen LogP contribution in [0.2, 0.25) is 0 Å². The maximum absolute atomic E-state index is 12.2. The van der Waals surface area contributed by atoms with Crippen molar-refractivity contribution < 1.29 is 9.53 Å². The van der Waals surface area contributed by atoms with Gasteiger partial charge in [0.2, 0.25) is 0 Å². The van der Waals surface area contributed by atoms with Gasteiger partial charge in [0.15, 0.2) is 0 Å². The number of benzene rings is 3. The van der Waals surface area contributed by atoms with Crippen LogP contribution in [-0.2, 0) is 10.2 Å². The van der Waals surface area contributed by atoms with Crippen LogP contribution in [0.15, 0.2) is 122 Å². The fourth-order valence-electron chi connectivity index (χ4n) is 4.01. The molecule has 0 saturated heterocycles. The van der Waals surface area contributed by atoms with Crippen LogP contribution < -0.4 is 0 Å². The molecule has 0 fully saturated rings. The lowest BCUT2D eigenvalue weighted by Gasteiger charge is -2.36. The highest BCUT2D eigenvalue weighted by Crippen LogP contribution is 2.44. The summed E-state index contributed by atoms with van der Waals surface area (Å²) in [5.74, 6) is -0.462. The summed E-state index contributed by atoms with van der Waals surface area (Å²) in [7, 11) is 0. The van der Waals surface area contributed by atoms with E-state index in [0.29, 0.717) is 0 Å². The Balaban J connectivity index is 1.95. The van der Waals surface area contributed by atoms with E-state index in [0.717, 1.165) is 22.3 Å². The van der Waals surface area contributed by atoms with Crippen LogP contribution in [0.5, 0.6) is 0 Å². The van der Waals surface area contributed by atoms with Crippen LogP contribution in [0.3, 0.4) is 0 Å². The van der Waals surface area contributed by atoms with E-state index in [1.54, 1.807) is 12.3 Å². The summed E-state index contributed by atoms with van der Waals surface area (Å²) in [4.78, 5) is 16.7. The Morgan fingerprint density at radius 1 is 0.742 bits per heavy atom. The third kappa shape index (κ3) is 3.90. The van der Waals surface area contributed by atoms with Crippen LogP contribution in [-0.4, -0.2) is 17.6 Å². The lowest BCUT2D eigenvalue weighted by Crippen LogP contribution is -2.31. The monoisotopic (exact) mass is 405 g/mol. The highest BCUT2D eigenvalue weighted by Gasteiger charge is 2.38. The smallest absolute Gasteiger partial charge is 0.357 e. The molecule has 0 aliphatic carbocycles. The van der Waals surface area contributed by atoms with Gasteiger partial charge < -0.3 is 4.74 Å². The topological polar surface area (TPSA) is 39.2 Å². The molecule has 152 valence electrons. The zero-order valence-corrected chi connectivity index (χ0v) is 17.1. The van der Waals surface area contributed by atoms with Crippen molar-refractivity contribution in [1.82, 2.24) is 4.98 Å². The third-order valence-electron chi connectivity index (χ3n) is 5.36. The largest absolute Gasteiger partial charge is 0.457 e.